The summed E-state index contributed by atoms with van der Waals surface area (Å²) in [5.74, 6) is 0.866. The Hall–Kier alpha value is -0.0800. The van der Waals surface area contributed by atoms with E-state index in [2.05, 4.69) is 33.0 Å². The fourth-order valence-corrected chi connectivity index (χ4v) is 3.81. The van der Waals surface area contributed by atoms with Crippen LogP contribution in [0.4, 0.5) is 0 Å². The summed E-state index contributed by atoms with van der Waals surface area (Å²) in [6.45, 7) is 11.3. The van der Waals surface area contributed by atoms with Gasteiger partial charge in [0, 0.05) is 24.1 Å². The van der Waals surface area contributed by atoms with Crippen LogP contribution in [0.1, 0.15) is 85.5 Å². The zero-order valence-corrected chi connectivity index (χ0v) is 14.8. The van der Waals surface area contributed by atoms with Crippen LogP contribution in [0.3, 0.4) is 0 Å². The average molecular weight is 296 g/mol. The number of ether oxygens (including phenoxy) is 1. The molecular weight excluding hydrogens is 258 g/mol. The van der Waals surface area contributed by atoms with Crippen molar-refractivity contribution in [3.8, 4) is 0 Å². The van der Waals surface area contributed by atoms with Crippen LogP contribution in [-0.4, -0.2) is 24.8 Å². The highest BCUT2D eigenvalue weighted by Crippen LogP contribution is 2.50. The van der Waals surface area contributed by atoms with Crippen molar-refractivity contribution in [3.63, 3.8) is 0 Å². The highest BCUT2D eigenvalue weighted by Gasteiger charge is 2.50. The summed E-state index contributed by atoms with van der Waals surface area (Å²) in [5, 5.41) is 3.79. The second-order valence-corrected chi connectivity index (χ2v) is 8.51. The van der Waals surface area contributed by atoms with Crippen molar-refractivity contribution in [1.82, 2.24) is 5.32 Å². The van der Waals surface area contributed by atoms with E-state index in [1.807, 2.05) is 0 Å². The normalized spacial score (nSPS) is 30.0. The first-order valence-corrected chi connectivity index (χ1v) is 9.33. The van der Waals surface area contributed by atoms with Gasteiger partial charge < -0.3 is 10.1 Å². The van der Waals surface area contributed by atoms with Gasteiger partial charge in [-0.05, 0) is 52.4 Å². The van der Waals surface area contributed by atoms with E-state index in [9.17, 15) is 0 Å². The van der Waals surface area contributed by atoms with Gasteiger partial charge in [0.1, 0.15) is 0 Å². The van der Waals surface area contributed by atoms with Crippen molar-refractivity contribution in [3.05, 3.63) is 0 Å². The summed E-state index contributed by atoms with van der Waals surface area (Å²) in [7, 11) is 0. The van der Waals surface area contributed by atoms with Crippen LogP contribution in [0.2, 0.25) is 0 Å². The fraction of sp³-hybridized carbons (Fsp3) is 1.00. The lowest BCUT2D eigenvalue weighted by Gasteiger charge is -2.37. The van der Waals surface area contributed by atoms with E-state index >= 15 is 0 Å². The van der Waals surface area contributed by atoms with Gasteiger partial charge in [0.2, 0.25) is 0 Å². The van der Waals surface area contributed by atoms with E-state index < -0.39 is 0 Å². The SMILES string of the molecule is CCCCCCCC1(CNC(C)(C)C)CCOC1C1CC1. The maximum absolute atomic E-state index is 6.20. The minimum Gasteiger partial charge on any atom is -0.377 e. The van der Waals surface area contributed by atoms with E-state index in [0.29, 0.717) is 11.5 Å². The van der Waals surface area contributed by atoms with Gasteiger partial charge in [-0.2, -0.15) is 0 Å². The van der Waals surface area contributed by atoms with Crippen LogP contribution in [0.15, 0.2) is 0 Å². The minimum absolute atomic E-state index is 0.214. The molecule has 1 saturated heterocycles. The zero-order valence-electron chi connectivity index (χ0n) is 14.8. The first-order chi connectivity index (χ1) is 9.97. The molecule has 2 aliphatic rings. The lowest BCUT2D eigenvalue weighted by atomic mass is 9.74. The van der Waals surface area contributed by atoms with Crippen LogP contribution >= 0.6 is 0 Å². The maximum Gasteiger partial charge on any atom is 0.0672 e. The largest absolute Gasteiger partial charge is 0.377 e. The quantitative estimate of drug-likeness (QED) is 0.610. The Morgan fingerprint density at radius 3 is 2.43 bits per heavy atom. The molecule has 124 valence electrons. The standard InChI is InChI=1S/C19H37NO/c1-5-6-7-8-9-12-19(15-20-18(2,3)4)13-14-21-17(19)16-10-11-16/h16-17,20H,5-15H2,1-4H3. The Bertz CT molecular complexity index is 305. The van der Waals surface area contributed by atoms with Crippen LogP contribution in [-0.2, 0) is 4.74 Å². The Labute approximate surface area is 132 Å². The molecule has 0 spiro atoms. The number of hydrogen-bond acceptors (Lipinski definition) is 2. The van der Waals surface area contributed by atoms with Crippen molar-refractivity contribution in [2.24, 2.45) is 11.3 Å². The topological polar surface area (TPSA) is 21.3 Å². The first kappa shape index (κ1) is 17.3. The highest BCUT2D eigenvalue weighted by molar-refractivity contribution is 5.01. The van der Waals surface area contributed by atoms with Crippen molar-refractivity contribution >= 4 is 0 Å². The predicted molar refractivity (Wildman–Crippen MR) is 90.6 cm³/mol. The van der Waals surface area contributed by atoms with Gasteiger partial charge in [-0.15, -0.1) is 0 Å². The maximum atomic E-state index is 6.20. The Balaban J connectivity index is 1.89. The van der Waals surface area contributed by atoms with Gasteiger partial charge in [0.25, 0.3) is 0 Å². The second-order valence-electron chi connectivity index (χ2n) is 8.51. The van der Waals surface area contributed by atoms with Gasteiger partial charge in [-0.25, -0.2) is 0 Å². The molecule has 1 heterocycles. The van der Waals surface area contributed by atoms with Gasteiger partial charge in [0.05, 0.1) is 6.10 Å². The van der Waals surface area contributed by atoms with Gasteiger partial charge >= 0.3 is 0 Å². The molecule has 2 nitrogen and oxygen atoms in total. The highest BCUT2D eigenvalue weighted by atomic mass is 16.5. The lowest BCUT2D eigenvalue weighted by Crippen LogP contribution is -2.48. The molecule has 0 aromatic carbocycles. The van der Waals surface area contributed by atoms with E-state index in [1.165, 1.54) is 57.8 Å². The Morgan fingerprint density at radius 1 is 1.10 bits per heavy atom. The molecule has 2 rings (SSSR count). The number of unbranched alkanes of at least 4 members (excludes halogenated alkanes) is 4. The summed E-state index contributed by atoms with van der Waals surface area (Å²) < 4.78 is 6.20. The van der Waals surface area contributed by atoms with Gasteiger partial charge in [0.15, 0.2) is 0 Å². The summed E-state index contributed by atoms with van der Waals surface area (Å²) in [5.41, 5.74) is 0.632. The van der Waals surface area contributed by atoms with Crippen LogP contribution in [0.5, 0.6) is 0 Å². The molecule has 2 fully saturated rings. The molecule has 2 heteroatoms. The fourth-order valence-electron chi connectivity index (χ4n) is 3.81. The van der Waals surface area contributed by atoms with Crippen molar-refractivity contribution < 1.29 is 4.74 Å². The molecule has 1 aliphatic carbocycles. The molecular formula is C19H37NO. The van der Waals surface area contributed by atoms with Gasteiger partial charge in [-0.1, -0.05) is 39.0 Å². The number of hydrogen-bond donors (Lipinski definition) is 1. The van der Waals surface area contributed by atoms with Crippen LogP contribution < -0.4 is 5.32 Å². The third-order valence-electron chi connectivity index (χ3n) is 5.30. The third-order valence-corrected chi connectivity index (χ3v) is 5.30. The summed E-state index contributed by atoms with van der Waals surface area (Å²) in [4.78, 5) is 0. The molecule has 0 aromatic rings. The van der Waals surface area contributed by atoms with Crippen molar-refractivity contribution in [1.29, 1.82) is 0 Å². The average Bonchev–Trinajstić information content (AvgIpc) is 3.17. The summed E-state index contributed by atoms with van der Waals surface area (Å²) in [6.07, 6.45) is 12.9. The number of rotatable bonds is 9. The van der Waals surface area contributed by atoms with Crippen molar-refractivity contribution in [2.75, 3.05) is 13.2 Å². The molecule has 1 aliphatic heterocycles. The minimum atomic E-state index is 0.214. The monoisotopic (exact) mass is 295 g/mol. The summed E-state index contributed by atoms with van der Waals surface area (Å²) in [6, 6.07) is 0. The van der Waals surface area contributed by atoms with Crippen LogP contribution in [0.25, 0.3) is 0 Å². The summed E-state index contributed by atoms with van der Waals surface area (Å²) >= 11 is 0. The molecule has 21 heavy (non-hydrogen) atoms. The Morgan fingerprint density at radius 2 is 1.81 bits per heavy atom. The van der Waals surface area contributed by atoms with Gasteiger partial charge in [-0.3, -0.25) is 0 Å². The molecule has 1 N–H and O–H groups in total. The van der Waals surface area contributed by atoms with Crippen molar-refractivity contribution in [2.45, 2.75) is 97.1 Å². The first-order valence-electron chi connectivity index (χ1n) is 9.33. The second kappa shape index (κ2) is 7.46. The zero-order chi connectivity index (χ0) is 15.3. The van der Waals surface area contributed by atoms with E-state index in [1.54, 1.807) is 0 Å². The molecule has 2 atom stereocenters. The van der Waals surface area contributed by atoms with E-state index in [4.69, 9.17) is 4.74 Å². The smallest absolute Gasteiger partial charge is 0.0672 e. The molecule has 0 radical (unpaired) electrons. The molecule has 0 bridgehead atoms. The molecule has 2 unspecified atom stereocenters. The van der Waals surface area contributed by atoms with E-state index in [-0.39, 0.29) is 5.54 Å². The molecule has 0 aromatic heterocycles. The van der Waals surface area contributed by atoms with E-state index in [0.717, 1.165) is 19.1 Å². The third kappa shape index (κ3) is 5.25. The molecule has 0 amide bonds. The number of nitrogens with one attached hydrogen (secondary N) is 1. The van der Waals surface area contributed by atoms with Crippen LogP contribution in [0, 0.1) is 11.3 Å². The molecule has 1 saturated carbocycles. The lowest BCUT2D eigenvalue weighted by molar-refractivity contribution is 0.0226. The predicted octanol–water partition coefficient (Wildman–Crippen LogP) is 4.92. The Kier molecular flexibility index (Phi) is 6.14.